The molecule has 2 atom stereocenters. The van der Waals surface area contributed by atoms with Gasteiger partial charge in [-0.2, -0.15) is 0 Å². The van der Waals surface area contributed by atoms with Gasteiger partial charge in [-0.1, -0.05) is 26.7 Å². The zero-order valence-corrected chi connectivity index (χ0v) is 11.5. The molecule has 0 radical (unpaired) electrons. The van der Waals surface area contributed by atoms with E-state index < -0.39 is 11.6 Å². The molecule has 0 aromatic heterocycles. The minimum Gasteiger partial charge on any atom is -0.399 e. The molecule has 0 spiro atoms. The molecular weight excluding hydrogens is 246 g/mol. The molecule has 1 aliphatic carbocycles. The molecule has 4 heteroatoms. The molecule has 2 nitrogen and oxygen atoms in total. The van der Waals surface area contributed by atoms with E-state index >= 15 is 0 Å². The minimum atomic E-state index is -0.606. The highest BCUT2D eigenvalue weighted by Crippen LogP contribution is 2.33. The molecule has 1 fully saturated rings. The van der Waals surface area contributed by atoms with Crippen molar-refractivity contribution < 1.29 is 8.78 Å². The Morgan fingerprint density at radius 2 is 1.74 bits per heavy atom. The summed E-state index contributed by atoms with van der Waals surface area (Å²) in [6.07, 6.45) is 4.40. The topological polar surface area (TPSA) is 38.0 Å². The monoisotopic (exact) mass is 268 g/mol. The molecule has 1 aromatic rings. The fourth-order valence-electron chi connectivity index (χ4n) is 3.05. The van der Waals surface area contributed by atoms with Crippen LogP contribution in [0.15, 0.2) is 12.1 Å². The van der Waals surface area contributed by atoms with Crippen molar-refractivity contribution in [3.63, 3.8) is 0 Å². The molecule has 2 rings (SSSR count). The molecular formula is C15H22F2N2. The molecule has 0 heterocycles. The summed E-state index contributed by atoms with van der Waals surface area (Å²) in [5.74, 6) is -0.237. The van der Waals surface area contributed by atoms with E-state index in [1.54, 1.807) is 0 Å². The smallest absolute Gasteiger partial charge is 0.151 e. The Kier molecular flexibility index (Phi) is 4.27. The standard InChI is InChI=1S/C15H22F2N2/c1-9(2)11-5-3-4-6-14(11)19-15-12(16)7-10(18)8-13(15)17/h7-9,11,14,19H,3-6,18H2,1-2H3. The first-order valence-corrected chi connectivity index (χ1v) is 7.00. The summed E-state index contributed by atoms with van der Waals surface area (Å²) < 4.78 is 27.6. The number of nitrogens with one attached hydrogen (secondary N) is 1. The van der Waals surface area contributed by atoms with Crippen molar-refractivity contribution in [3.8, 4) is 0 Å². The first-order valence-electron chi connectivity index (χ1n) is 7.00. The third kappa shape index (κ3) is 3.17. The van der Waals surface area contributed by atoms with Crippen LogP contribution in [0.4, 0.5) is 20.2 Å². The van der Waals surface area contributed by atoms with E-state index in [-0.39, 0.29) is 17.4 Å². The third-order valence-corrected chi connectivity index (χ3v) is 4.07. The van der Waals surface area contributed by atoms with Gasteiger partial charge in [0.1, 0.15) is 5.69 Å². The maximum absolute atomic E-state index is 13.8. The molecule has 1 saturated carbocycles. The predicted octanol–water partition coefficient (Wildman–Crippen LogP) is 4.17. The van der Waals surface area contributed by atoms with Gasteiger partial charge in [0.2, 0.25) is 0 Å². The quantitative estimate of drug-likeness (QED) is 0.807. The molecule has 3 N–H and O–H groups in total. The molecule has 1 aromatic carbocycles. The van der Waals surface area contributed by atoms with Gasteiger partial charge in [0.05, 0.1) is 0 Å². The molecule has 0 saturated heterocycles. The summed E-state index contributed by atoms with van der Waals surface area (Å²) >= 11 is 0. The number of halogens is 2. The summed E-state index contributed by atoms with van der Waals surface area (Å²) in [6, 6.07) is 2.47. The highest BCUT2D eigenvalue weighted by Gasteiger charge is 2.28. The highest BCUT2D eigenvalue weighted by molar-refractivity contribution is 5.54. The lowest BCUT2D eigenvalue weighted by Gasteiger charge is -2.35. The van der Waals surface area contributed by atoms with Gasteiger partial charge >= 0.3 is 0 Å². The first-order chi connectivity index (χ1) is 8.99. The van der Waals surface area contributed by atoms with Crippen LogP contribution in [0.2, 0.25) is 0 Å². The van der Waals surface area contributed by atoms with Gasteiger partial charge in [-0.3, -0.25) is 0 Å². The number of anilines is 2. The Bertz CT molecular complexity index is 423. The third-order valence-electron chi connectivity index (χ3n) is 4.07. The second kappa shape index (κ2) is 5.76. The van der Waals surface area contributed by atoms with E-state index in [1.807, 2.05) is 0 Å². The van der Waals surface area contributed by atoms with Gasteiger partial charge in [0, 0.05) is 11.7 Å². The van der Waals surface area contributed by atoms with Crippen LogP contribution < -0.4 is 11.1 Å². The molecule has 0 amide bonds. The number of nitrogens with two attached hydrogens (primary N) is 1. The van der Waals surface area contributed by atoms with Crippen LogP contribution in [0.1, 0.15) is 39.5 Å². The summed E-state index contributed by atoms with van der Waals surface area (Å²) in [6.45, 7) is 4.33. The summed E-state index contributed by atoms with van der Waals surface area (Å²) in [5.41, 5.74) is 5.51. The Hall–Kier alpha value is -1.32. The lowest BCUT2D eigenvalue weighted by atomic mass is 9.78. The second-order valence-corrected chi connectivity index (χ2v) is 5.80. The lowest BCUT2D eigenvalue weighted by Crippen LogP contribution is -2.35. The van der Waals surface area contributed by atoms with E-state index in [0.29, 0.717) is 11.8 Å². The van der Waals surface area contributed by atoms with Crippen molar-refractivity contribution in [2.24, 2.45) is 11.8 Å². The van der Waals surface area contributed by atoms with Gasteiger partial charge in [-0.05, 0) is 36.8 Å². The lowest BCUT2D eigenvalue weighted by molar-refractivity contribution is 0.253. The van der Waals surface area contributed by atoms with E-state index in [4.69, 9.17) is 5.73 Å². The first kappa shape index (κ1) is 14.1. The number of benzene rings is 1. The molecule has 0 aliphatic heterocycles. The zero-order chi connectivity index (χ0) is 14.0. The average molecular weight is 268 g/mol. The van der Waals surface area contributed by atoms with E-state index in [0.717, 1.165) is 19.3 Å². The van der Waals surface area contributed by atoms with Crippen LogP contribution in [0.25, 0.3) is 0 Å². The summed E-state index contributed by atoms with van der Waals surface area (Å²) in [5, 5.41) is 3.07. The van der Waals surface area contributed by atoms with Crippen LogP contribution >= 0.6 is 0 Å². The normalized spacial score (nSPS) is 23.6. The van der Waals surface area contributed by atoms with Gasteiger partial charge in [0.25, 0.3) is 0 Å². The Balaban J connectivity index is 2.19. The van der Waals surface area contributed by atoms with Crippen LogP contribution in [-0.2, 0) is 0 Å². The molecule has 19 heavy (non-hydrogen) atoms. The van der Waals surface area contributed by atoms with Gasteiger partial charge in [-0.25, -0.2) is 8.78 Å². The molecule has 1 aliphatic rings. The number of nitrogen functional groups attached to an aromatic ring is 1. The number of hydrogen-bond donors (Lipinski definition) is 2. The van der Waals surface area contributed by atoms with Crippen molar-refractivity contribution >= 4 is 11.4 Å². The van der Waals surface area contributed by atoms with Crippen LogP contribution in [0.3, 0.4) is 0 Å². The Labute approximate surface area is 113 Å². The van der Waals surface area contributed by atoms with Crippen molar-refractivity contribution in [2.45, 2.75) is 45.6 Å². The van der Waals surface area contributed by atoms with Crippen molar-refractivity contribution in [3.05, 3.63) is 23.8 Å². The second-order valence-electron chi connectivity index (χ2n) is 5.80. The van der Waals surface area contributed by atoms with Crippen LogP contribution in [0, 0.1) is 23.5 Å². The minimum absolute atomic E-state index is 0.0354. The van der Waals surface area contributed by atoms with Gasteiger partial charge in [-0.15, -0.1) is 0 Å². The predicted molar refractivity (Wildman–Crippen MR) is 75.0 cm³/mol. The molecule has 0 bridgehead atoms. The van der Waals surface area contributed by atoms with E-state index in [2.05, 4.69) is 19.2 Å². The van der Waals surface area contributed by atoms with E-state index in [9.17, 15) is 8.78 Å². The van der Waals surface area contributed by atoms with Crippen LogP contribution in [0.5, 0.6) is 0 Å². The zero-order valence-electron chi connectivity index (χ0n) is 11.5. The van der Waals surface area contributed by atoms with Gasteiger partial charge < -0.3 is 11.1 Å². The maximum Gasteiger partial charge on any atom is 0.151 e. The highest BCUT2D eigenvalue weighted by atomic mass is 19.1. The van der Waals surface area contributed by atoms with E-state index in [1.165, 1.54) is 18.6 Å². The van der Waals surface area contributed by atoms with Crippen molar-refractivity contribution in [1.82, 2.24) is 0 Å². The Morgan fingerprint density at radius 1 is 1.16 bits per heavy atom. The Morgan fingerprint density at radius 3 is 2.32 bits per heavy atom. The largest absolute Gasteiger partial charge is 0.399 e. The van der Waals surface area contributed by atoms with Crippen LogP contribution in [-0.4, -0.2) is 6.04 Å². The number of rotatable bonds is 3. The maximum atomic E-state index is 13.8. The molecule has 106 valence electrons. The summed E-state index contributed by atoms with van der Waals surface area (Å²) in [7, 11) is 0. The van der Waals surface area contributed by atoms with Crippen molar-refractivity contribution in [1.29, 1.82) is 0 Å². The SMILES string of the molecule is CC(C)C1CCCCC1Nc1c(F)cc(N)cc1F. The van der Waals surface area contributed by atoms with Crippen molar-refractivity contribution in [2.75, 3.05) is 11.1 Å². The fraction of sp³-hybridized carbons (Fsp3) is 0.600. The average Bonchev–Trinajstić information content (AvgIpc) is 2.34. The number of hydrogen-bond acceptors (Lipinski definition) is 2. The summed E-state index contributed by atoms with van der Waals surface area (Å²) in [4.78, 5) is 0. The molecule has 2 unspecified atom stereocenters. The van der Waals surface area contributed by atoms with Gasteiger partial charge in [0.15, 0.2) is 11.6 Å². The fourth-order valence-corrected chi connectivity index (χ4v) is 3.05.